The summed E-state index contributed by atoms with van der Waals surface area (Å²) < 4.78 is 5.28. The number of benzene rings is 2. The smallest absolute Gasteiger partial charge is 0.226 e. The Labute approximate surface area is 149 Å². The van der Waals surface area contributed by atoms with Gasteiger partial charge in [0.05, 0.1) is 12.1 Å². The zero-order chi connectivity index (χ0) is 16.9. The fourth-order valence-electron chi connectivity index (χ4n) is 2.21. The van der Waals surface area contributed by atoms with Crippen molar-refractivity contribution in [1.82, 2.24) is 10.5 Å². The van der Waals surface area contributed by atoms with Crippen molar-refractivity contribution < 1.29 is 9.32 Å². The summed E-state index contributed by atoms with van der Waals surface area (Å²) in [5.41, 5.74) is 2.29. The molecule has 0 aliphatic heterocycles. The van der Waals surface area contributed by atoms with Crippen LogP contribution in [0.2, 0.25) is 10.0 Å². The molecule has 1 amide bonds. The van der Waals surface area contributed by atoms with Gasteiger partial charge in [-0.1, -0.05) is 46.6 Å². The van der Waals surface area contributed by atoms with Gasteiger partial charge >= 0.3 is 0 Å². The monoisotopic (exact) mass is 360 g/mol. The minimum Gasteiger partial charge on any atom is -0.356 e. The molecule has 0 saturated carbocycles. The van der Waals surface area contributed by atoms with Gasteiger partial charge in [-0.25, -0.2) is 0 Å². The highest BCUT2D eigenvalue weighted by atomic mass is 35.5. The van der Waals surface area contributed by atoms with E-state index in [0.29, 0.717) is 28.0 Å². The average Bonchev–Trinajstić information content (AvgIpc) is 3.03. The fraction of sp³-hybridized carbons (Fsp3) is 0.111. The number of aromatic nitrogens is 1. The van der Waals surface area contributed by atoms with Gasteiger partial charge < -0.3 is 9.84 Å². The van der Waals surface area contributed by atoms with E-state index in [9.17, 15) is 4.79 Å². The molecule has 0 fully saturated rings. The third kappa shape index (κ3) is 4.16. The largest absolute Gasteiger partial charge is 0.356 e. The molecule has 0 saturated heterocycles. The average molecular weight is 361 g/mol. The number of carbonyl (C=O) groups excluding carboxylic acids is 1. The van der Waals surface area contributed by atoms with Crippen molar-refractivity contribution in [3.05, 3.63) is 75.9 Å². The summed E-state index contributed by atoms with van der Waals surface area (Å²) in [6.07, 6.45) is 0.140. The summed E-state index contributed by atoms with van der Waals surface area (Å²) in [5, 5.41) is 8.03. The van der Waals surface area contributed by atoms with Gasteiger partial charge in [0.15, 0.2) is 5.76 Å². The van der Waals surface area contributed by atoms with Crippen molar-refractivity contribution in [2.45, 2.75) is 13.0 Å². The SMILES string of the molecule is O=C(Cc1cc(-c2ccc(Cl)cc2)on1)NCc1ccccc1Cl. The van der Waals surface area contributed by atoms with Crippen LogP contribution >= 0.6 is 23.2 Å². The Kier molecular flexibility index (Phi) is 5.18. The molecule has 122 valence electrons. The van der Waals surface area contributed by atoms with Crippen LogP contribution in [0.1, 0.15) is 11.3 Å². The van der Waals surface area contributed by atoms with Gasteiger partial charge in [0.1, 0.15) is 0 Å². The lowest BCUT2D eigenvalue weighted by molar-refractivity contribution is -0.120. The second-order valence-electron chi connectivity index (χ2n) is 5.23. The van der Waals surface area contributed by atoms with Crippen LogP contribution in [0.25, 0.3) is 11.3 Å². The molecular weight excluding hydrogens is 347 g/mol. The predicted octanol–water partition coefficient (Wildman–Crippen LogP) is 4.51. The lowest BCUT2D eigenvalue weighted by atomic mass is 10.1. The van der Waals surface area contributed by atoms with E-state index in [1.54, 1.807) is 24.3 Å². The first-order chi connectivity index (χ1) is 11.6. The van der Waals surface area contributed by atoms with Crippen LogP contribution in [0.5, 0.6) is 0 Å². The number of hydrogen-bond acceptors (Lipinski definition) is 3. The van der Waals surface area contributed by atoms with Crippen LogP contribution in [0.15, 0.2) is 59.1 Å². The summed E-state index contributed by atoms with van der Waals surface area (Å²) in [6.45, 7) is 0.375. The van der Waals surface area contributed by atoms with E-state index in [-0.39, 0.29) is 12.3 Å². The standard InChI is InChI=1S/C18H14Cl2N2O2/c19-14-7-5-12(6-8-14)17-9-15(22-24-17)10-18(23)21-11-13-3-1-2-4-16(13)20/h1-9H,10-11H2,(H,21,23). The highest BCUT2D eigenvalue weighted by Crippen LogP contribution is 2.22. The molecule has 1 N–H and O–H groups in total. The van der Waals surface area contributed by atoms with Gasteiger partial charge in [0, 0.05) is 28.2 Å². The lowest BCUT2D eigenvalue weighted by Crippen LogP contribution is -2.24. The van der Waals surface area contributed by atoms with Crippen molar-refractivity contribution >= 4 is 29.1 Å². The van der Waals surface area contributed by atoms with Gasteiger partial charge in [-0.3, -0.25) is 4.79 Å². The third-order valence-electron chi connectivity index (χ3n) is 3.46. The first kappa shape index (κ1) is 16.6. The number of halogens is 2. The maximum absolute atomic E-state index is 12.0. The van der Waals surface area contributed by atoms with Crippen molar-refractivity contribution in [1.29, 1.82) is 0 Å². The van der Waals surface area contributed by atoms with Gasteiger partial charge in [0.2, 0.25) is 5.91 Å². The minimum absolute atomic E-state index is 0.140. The van der Waals surface area contributed by atoms with Crippen molar-refractivity contribution in [3.63, 3.8) is 0 Å². The zero-order valence-electron chi connectivity index (χ0n) is 12.6. The predicted molar refractivity (Wildman–Crippen MR) is 94.0 cm³/mol. The molecule has 4 nitrogen and oxygen atoms in total. The molecule has 0 unspecified atom stereocenters. The molecule has 24 heavy (non-hydrogen) atoms. The summed E-state index contributed by atoms with van der Waals surface area (Å²) in [4.78, 5) is 12.0. The molecule has 2 aromatic carbocycles. The second kappa shape index (κ2) is 7.51. The molecule has 1 aromatic heterocycles. The van der Waals surface area contributed by atoms with E-state index in [0.717, 1.165) is 11.1 Å². The third-order valence-corrected chi connectivity index (χ3v) is 4.08. The van der Waals surface area contributed by atoms with Crippen LogP contribution in [-0.2, 0) is 17.8 Å². The Morgan fingerprint density at radius 1 is 1.08 bits per heavy atom. The van der Waals surface area contributed by atoms with Crippen LogP contribution in [0, 0.1) is 0 Å². The van der Waals surface area contributed by atoms with Gasteiger partial charge in [0.25, 0.3) is 0 Å². The first-order valence-electron chi connectivity index (χ1n) is 7.33. The highest BCUT2D eigenvalue weighted by Gasteiger charge is 2.11. The van der Waals surface area contributed by atoms with Crippen molar-refractivity contribution in [2.24, 2.45) is 0 Å². The summed E-state index contributed by atoms with van der Waals surface area (Å²) in [5.74, 6) is 0.450. The number of hydrogen-bond donors (Lipinski definition) is 1. The molecule has 0 radical (unpaired) electrons. The summed E-state index contributed by atoms with van der Waals surface area (Å²) >= 11 is 11.9. The van der Waals surface area contributed by atoms with Crippen LogP contribution in [0.3, 0.4) is 0 Å². The highest BCUT2D eigenvalue weighted by molar-refractivity contribution is 6.31. The number of rotatable bonds is 5. The van der Waals surface area contributed by atoms with E-state index in [4.69, 9.17) is 27.7 Å². The molecule has 3 aromatic rings. The van der Waals surface area contributed by atoms with E-state index in [2.05, 4.69) is 10.5 Å². The van der Waals surface area contributed by atoms with E-state index >= 15 is 0 Å². The topological polar surface area (TPSA) is 55.1 Å². The van der Waals surface area contributed by atoms with Crippen LogP contribution < -0.4 is 5.32 Å². The molecule has 0 aliphatic carbocycles. The zero-order valence-corrected chi connectivity index (χ0v) is 14.1. The van der Waals surface area contributed by atoms with Gasteiger partial charge in [-0.2, -0.15) is 0 Å². The Morgan fingerprint density at radius 3 is 2.58 bits per heavy atom. The lowest BCUT2D eigenvalue weighted by Gasteiger charge is -2.05. The Morgan fingerprint density at radius 2 is 1.83 bits per heavy atom. The van der Waals surface area contributed by atoms with E-state index in [1.807, 2.05) is 30.3 Å². The Balaban J connectivity index is 1.59. The molecule has 0 spiro atoms. The summed E-state index contributed by atoms with van der Waals surface area (Å²) in [6, 6.07) is 16.4. The fourth-order valence-corrected chi connectivity index (χ4v) is 2.54. The second-order valence-corrected chi connectivity index (χ2v) is 6.08. The van der Waals surface area contributed by atoms with E-state index < -0.39 is 0 Å². The number of nitrogens with zero attached hydrogens (tertiary/aromatic N) is 1. The number of carbonyl (C=O) groups is 1. The maximum atomic E-state index is 12.0. The molecule has 0 atom stereocenters. The van der Waals surface area contributed by atoms with Crippen molar-refractivity contribution in [2.75, 3.05) is 0 Å². The van der Waals surface area contributed by atoms with Crippen LogP contribution in [0.4, 0.5) is 0 Å². The molecule has 1 heterocycles. The molecule has 6 heteroatoms. The van der Waals surface area contributed by atoms with E-state index in [1.165, 1.54) is 0 Å². The normalized spacial score (nSPS) is 10.6. The molecule has 0 aliphatic rings. The van der Waals surface area contributed by atoms with Crippen molar-refractivity contribution in [3.8, 4) is 11.3 Å². The number of nitrogens with one attached hydrogen (secondary N) is 1. The maximum Gasteiger partial charge on any atom is 0.226 e. The molecule has 3 rings (SSSR count). The van der Waals surface area contributed by atoms with Gasteiger partial charge in [-0.15, -0.1) is 0 Å². The minimum atomic E-state index is -0.147. The molecule has 0 bridgehead atoms. The Bertz CT molecular complexity index is 844. The first-order valence-corrected chi connectivity index (χ1v) is 8.09. The van der Waals surface area contributed by atoms with Gasteiger partial charge in [-0.05, 0) is 35.9 Å². The van der Waals surface area contributed by atoms with Crippen LogP contribution in [-0.4, -0.2) is 11.1 Å². The Hall–Kier alpha value is -2.30. The molecular formula is C18H14Cl2N2O2. The summed E-state index contributed by atoms with van der Waals surface area (Å²) in [7, 11) is 0. The number of amides is 1. The quantitative estimate of drug-likeness (QED) is 0.728.